The summed E-state index contributed by atoms with van der Waals surface area (Å²) in [6.45, 7) is 23.8. The minimum Gasteiger partial charge on any atom is -0.490 e. The second-order valence-electron chi connectivity index (χ2n) is 41.6. The lowest BCUT2D eigenvalue weighted by Crippen LogP contribution is -2.50. The van der Waals surface area contributed by atoms with E-state index in [2.05, 4.69) is 195 Å². The van der Waals surface area contributed by atoms with Crippen LogP contribution in [0.5, 0.6) is 17.2 Å². The summed E-state index contributed by atoms with van der Waals surface area (Å²) in [7, 11) is 0. The van der Waals surface area contributed by atoms with Crippen molar-refractivity contribution in [2.45, 2.75) is 326 Å². The number of nitrogens with zero attached hydrogens (tertiary/aromatic N) is 3. The summed E-state index contributed by atoms with van der Waals surface area (Å²) in [6.07, 6.45) is 33.0. The van der Waals surface area contributed by atoms with E-state index in [0.717, 1.165) is 275 Å². The number of nitrogens with one attached hydrogen (secondary N) is 4. The van der Waals surface area contributed by atoms with E-state index in [9.17, 15) is 34.8 Å². The second-order valence-corrected chi connectivity index (χ2v) is 43.8. The maximum absolute atomic E-state index is 12.1. The number of hydrogen-bond acceptors (Lipinski definition) is 20. The van der Waals surface area contributed by atoms with Crippen molar-refractivity contribution in [3.05, 3.63) is 280 Å². The number of unbranched alkanes of at least 4 members (excludes halogenated alkanes) is 4. The topological polar surface area (TPSA) is 339 Å². The van der Waals surface area contributed by atoms with Gasteiger partial charge in [-0.3, -0.25) is 15.0 Å². The Morgan fingerprint density at radius 2 is 0.753 bits per heavy atom. The monoisotopic (exact) mass is 2190 g/mol. The number of urea groups is 1. The van der Waals surface area contributed by atoms with Crippen LogP contribution in [0.15, 0.2) is 177 Å². The van der Waals surface area contributed by atoms with E-state index in [0.29, 0.717) is 69.2 Å². The molecule has 24 nitrogen and oxygen atoms in total. The molecule has 4 amide bonds. The average molecular weight is 2190 g/mol. The van der Waals surface area contributed by atoms with Gasteiger partial charge in [0.15, 0.2) is 0 Å². The molecule has 10 aromatic rings. The predicted molar refractivity (Wildman–Crippen MR) is 599 cm³/mol. The van der Waals surface area contributed by atoms with Gasteiger partial charge in [-0.2, -0.15) is 0 Å². The third-order valence-corrected chi connectivity index (χ3v) is 28.9. The number of alkyl halides is 1. The maximum atomic E-state index is 12.1. The van der Waals surface area contributed by atoms with E-state index < -0.39 is 53.9 Å². The summed E-state index contributed by atoms with van der Waals surface area (Å²) >= 11 is 29.9. The molecule has 0 unspecified atom stereocenters. The van der Waals surface area contributed by atoms with Gasteiger partial charge in [0.1, 0.15) is 46.8 Å². The van der Waals surface area contributed by atoms with Gasteiger partial charge in [-0.15, -0.1) is 6.42 Å². The van der Waals surface area contributed by atoms with Crippen LogP contribution in [0.3, 0.4) is 0 Å². The van der Waals surface area contributed by atoms with Crippen LogP contribution >= 0.6 is 62.3 Å². The molecule has 3 heterocycles. The number of halogens is 5. The zero-order valence-corrected chi connectivity index (χ0v) is 93.0. The molecule has 6 fully saturated rings. The average Bonchev–Trinajstić information content (AvgIpc) is 1.60. The van der Waals surface area contributed by atoms with Crippen LogP contribution < -0.4 is 41.2 Å². The number of carbonyl (C=O) groups excluding carboxylic acids is 3. The SMILES string of the molecule is C#CC#CC.Cc1cc(CBr)c(Cl)cc1CCCCNC(=O)OC(C)(C)C.Cc1cc(COC2(c3cnccc3-c3ccccc3OC3CC3)CC2)c(Cl)cc1CCCCN.Cc1cc(COC2(c3cnccc3-c3ccccc3OC3CC3)CC2)c(Cl)cc1CCCCNC(=O)NC[C@H](O)[C@@H](O)[C@H](O)[C@H](O)CO.Cc1cc(COC2(c3cnccc3-c3ccccc3OC3CC3)CC2)c(Cl)cc1CCCCNC(=O)OC(C)(C)C. The number of aromatic nitrogens is 3. The van der Waals surface area contributed by atoms with Gasteiger partial charge in [-0.1, -0.05) is 147 Å². The van der Waals surface area contributed by atoms with Crippen molar-refractivity contribution in [1.29, 1.82) is 0 Å². The Morgan fingerprint density at radius 1 is 0.440 bits per heavy atom. The fraction of sp³-hybridized carbons (Fsp3) is 0.471. The number of nitrogens with two attached hydrogens (primary N) is 1. The molecule has 7 aromatic carbocycles. The molecule has 0 spiro atoms. The van der Waals surface area contributed by atoms with Crippen LogP contribution in [0, 0.1) is 51.9 Å². The van der Waals surface area contributed by atoms with Crippen LogP contribution in [0.2, 0.25) is 20.1 Å². The van der Waals surface area contributed by atoms with Crippen LogP contribution in [-0.4, -0.2) is 152 Å². The van der Waals surface area contributed by atoms with Crippen molar-refractivity contribution in [3.63, 3.8) is 0 Å². The molecule has 11 N–H and O–H groups in total. The van der Waals surface area contributed by atoms with E-state index in [1.165, 1.54) is 33.4 Å². The number of ether oxygens (including phenoxy) is 8. The van der Waals surface area contributed by atoms with Gasteiger partial charge in [0, 0.05) is 122 Å². The molecule has 6 aliphatic rings. The van der Waals surface area contributed by atoms with Crippen molar-refractivity contribution in [2.75, 3.05) is 39.3 Å². The minimum absolute atomic E-state index is 0.297. The van der Waals surface area contributed by atoms with Gasteiger partial charge in [-0.25, -0.2) is 14.4 Å². The van der Waals surface area contributed by atoms with Gasteiger partial charge in [-0.05, 0) is 393 Å². The quantitative estimate of drug-likeness (QED) is 0.00962. The van der Waals surface area contributed by atoms with E-state index in [-0.39, 0.29) is 29.9 Å². The molecule has 29 heteroatoms. The standard InChI is InChI=1S/C36H46ClN3O8.C34H41ClN2O4.C29H33ClN2O2.C17H25BrClNO2.C5H4/c1-22-16-24(29(37)17-23(22)6-4-5-14-39-35(46)40-19-30(42)33(44)34(45)31(43)20-41)21-47-36(12-13-36)28-18-38-15-11-26(28)27-7-2-3-8-32(27)48-25-9-10-25;1-23-19-25(30(35)20-24(23)9-7-8-17-37-32(38)41-33(2,3)4)22-39-34(15-16-34)29-21-36-18-14-27(29)28-10-5-6-11-31(28)40-26-12-13-26;1-20-16-22(27(30)17-21(20)6-4-5-14-31)19-33-29(12-13-29)26-18-32-15-11-24(26)25-7-2-3-8-28(25)34-23-9-10-23;1-12-9-14(11-18)15(19)10-13(12)7-5-6-8-20-16(21)22-17(2,3)4;1-3-5-4-2/h2-3,7-8,11,15-18,25,30-31,33-34,41-45H,4-6,9-10,12-14,19-21H2,1H3,(H2,39,40,46);5-6,10-11,14,18-21,26H,7-9,12-13,15-17,22H2,1-4H3,(H,37,38);2-3,7-8,11,15-18,23H,4-6,9-10,12-14,19,31H2,1H3;9-10H,5-8,11H2,1-4H3,(H,20,21);1H,2H3/t30-,31+,33+,34+;;;;/m0..../s1. The Kier molecular flexibility index (Phi) is 44.9. The van der Waals surface area contributed by atoms with Gasteiger partial charge < -0.3 is 90.4 Å². The summed E-state index contributed by atoms with van der Waals surface area (Å²) in [5.41, 5.74) is 27.3. The number of rotatable bonds is 47. The Morgan fingerprint density at radius 3 is 1.05 bits per heavy atom. The Balaban J connectivity index is 0.000000180. The molecular formula is C121H149BrCl4N8O16. The number of hydrogen-bond donors (Lipinski definition) is 10. The normalized spacial score (nSPS) is 15.5. The number of terminal acetylenes is 1. The Bertz CT molecular complexity index is 6230. The lowest BCUT2D eigenvalue weighted by Gasteiger charge is -2.25. The fourth-order valence-electron chi connectivity index (χ4n) is 17.6. The molecule has 0 radical (unpaired) electrons. The highest BCUT2D eigenvalue weighted by Crippen LogP contribution is 2.57. The van der Waals surface area contributed by atoms with Crippen molar-refractivity contribution >= 4 is 80.6 Å². The molecule has 804 valence electrons. The Hall–Kier alpha value is -10.4. The van der Waals surface area contributed by atoms with Crippen LogP contribution in [0.4, 0.5) is 14.4 Å². The Labute approximate surface area is 914 Å². The lowest BCUT2D eigenvalue weighted by molar-refractivity contribution is -0.113. The van der Waals surface area contributed by atoms with Crippen LogP contribution in [0.1, 0.15) is 260 Å². The molecule has 0 aliphatic heterocycles. The van der Waals surface area contributed by atoms with Crippen molar-refractivity contribution in [3.8, 4) is 74.8 Å². The third-order valence-electron chi connectivity index (χ3n) is 26.8. The van der Waals surface area contributed by atoms with Gasteiger partial charge in [0.05, 0.1) is 67.6 Å². The van der Waals surface area contributed by atoms with Gasteiger partial charge >= 0.3 is 18.2 Å². The molecule has 150 heavy (non-hydrogen) atoms. The second kappa shape index (κ2) is 57.0. The molecule has 3 aromatic heterocycles. The smallest absolute Gasteiger partial charge is 0.407 e. The van der Waals surface area contributed by atoms with Crippen LogP contribution in [0.25, 0.3) is 33.4 Å². The number of alkyl carbamates (subject to hydrolysis) is 2. The first-order valence-electron chi connectivity index (χ1n) is 52.6. The number of pyridine rings is 3. The number of benzene rings is 7. The summed E-state index contributed by atoms with van der Waals surface area (Å²) in [6, 6.07) is 47.1. The van der Waals surface area contributed by atoms with Gasteiger partial charge in [0.25, 0.3) is 0 Å². The lowest BCUT2D eigenvalue weighted by atomic mass is 9.96. The predicted octanol–water partition coefficient (Wildman–Crippen LogP) is 24.6. The molecule has 0 bridgehead atoms. The van der Waals surface area contributed by atoms with Gasteiger partial charge in [0.2, 0.25) is 0 Å². The summed E-state index contributed by atoms with van der Waals surface area (Å²) in [5, 5.41) is 62.1. The molecule has 16 rings (SSSR count). The number of carbonyl (C=O) groups is 3. The van der Waals surface area contributed by atoms with Crippen molar-refractivity contribution < 1.29 is 77.8 Å². The number of aliphatic hydroxyl groups excluding tert-OH is 5. The third kappa shape index (κ3) is 36.4. The van der Waals surface area contributed by atoms with E-state index in [4.69, 9.17) is 102 Å². The molecule has 4 atom stereocenters. The number of aryl methyl sites for hydroxylation is 8. The number of para-hydroxylation sites is 3. The van der Waals surface area contributed by atoms with E-state index >= 15 is 0 Å². The minimum atomic E-state index is -1.75. The highest BCUT2D eigenvalue weighted by molar-refractivity contribution is 9.08. The molecule has 0 saturated heterocycles. The highest BCUT2D eigenvalue weighted by Gasteiger charge is 2.51. The fourth-order valence-corrected chi connectivity index (χ4v) is 19.2. The van der Waals surface area contributed by atoms with Crippen molar-refractivity contribution in [2.24, 2.45) is 5.73 Å². The first kappa shape index (κ1) is 118. The summed E-state index contributed by atoms with van der Waals surface area (Å²) in [5.74, 6) is 9.83. The molecular weight excluding hydrogens is 2040 g/mol. The highest BCUT2D eigenvalue weighted by atomic mass is 79.9. The largest absolute Gasteiger partial charge is 0.490 e. The van der Waals surface area contributed by atoms with Crippen molar-refractivity contribution in [1.82, 2.24) is 36.2 Å². The first-order valence-corrected chi connectivity index (χ1v) is 55.2. The van der Waals surface area contributed by atoms with Crippen LogP contribution in [-0.2, 0) is 91.3 Å². The molecule has 6 aliphatic carbocycles. The zero-order valence-electron chi connectivity index (χ0n) is 88.4. The maximum Gasteiger partial charge on any atom is 0.407 e. The number of aliphatic hydroxyl groups is 5. The molecule has 6 saturated carbocycles. The first-order chi connectivity index (χ1) is 72.0. The number of amides is 4. The summed E-state index contributed by atoms with van der Waals surface area (Å²) in [4.78, 5) is 48.8. The zero-order chi connectivity index (χ0) is 108. The van der Waals surface area contributed by atoms with E-state index in [1.807, 2.05) is 121 Å². The summed E-state index contributed by atoms with van der Waals surface area (Å²) < 4.78 is 49.0. The van der Waals surface area contributed by atoms with E-state index in [1.54, 1.807) is 6.92 Å².